The fourth-order valence-electron chi connectivity index (χ4n) is 2.26. The van der Waals surface area contributed by atoms with Gasteiger partial charge in [-0.25, -0.2) is 4.98 Å². The first-order valence-electron chi connectivity index (χ1n) is 5.93. The van der Waals surface area contributed by atoms with Gasteiger partial charge >= 0.3 is 0 Å². The minimum Gasteiger partial charge on any atom is -0.310 e. The first-order valence-corrected chi connectivity index (χ1v) is 6.81. The van der Waals surface area contributed by atoms with Gasteiger partial charge in [0.05, 0.1) is 0 Å². The van der Waals surface area contributed by atoms with Crippen LogP contribution < -0.4 is 5.32 Å². The zero-order valence-corrected chi connectivity index (χ0v) is 10.2. The normalized spacial score (nSPS) is 26.7. The van der Waals surface area contributed by atoms with E-state index in [4.69, 9.17) is 0 Å². The van der Waals surface area contributed by atoms with Crippen LogP contribution in [-0.4, -0.2) is 11.5 Å². The fraction of sp³-hybridized carbons (Fsp3) is 0.750. The Hall–Kier alpha value is -0.410. The van der Waals surface area contributed by atoms with Crippen LogP contribution in [-0.2, 0) is 6.54 Å². The van der Waals surface area contributed by atoms with E-state index in [1.54, 1.807) is 11.3 Å². The third-order valence-electron chi connectivity index (χ3n) is 3.33. The third kappa shape index (κ3) is 3.58. The molecule has 2 nitrogen and oxygen atoms in total. The summed E-state index contributed by atoms with van der Waals surface area (Å²) in [6, 6.07) is 0. The Labute approximate surface area is 96.1 Å². The summed E-state index contributed by atoms with van der Waals surface area (Å²) < 4.78 is 0. The predicted octanol–water partition coefficient (Wildman–Crippen LogP) is 3.06. The van der Waals surface area contributed by atoms with E-state index in [-0.39, 0.29) is 0 Å². The molecule has 1 saturated carbocycles. The van der Waals surface area contributed by atoms with Gasteiger partial charge in [-0.2, -0.15) is 0 Å². The zero-order chi connectivity index (χ0) is 10.5. The van der Waals surface area contributed by atoms with Crippen molar-refractivity contribution in [2.45, 2.75) is 39.2 Å². The number of aromatic nitrogens is 1. The lowest BCUT2D eigenvalue weighted by atomic mass is 9.83. The van der Waals surface area contributed by atoms with E-state index in [0.29, 0.717) is 0 Å². The fourth-order valence-corrected chi connectivity index (χ4v) is 2.84. The quantitative estimate of drug-likeness (QED) is 0.850. The number of nitrogens with one attached hydrogen (secondary N) is 1. The molecule has 1 fully saturated rings. The second kappa shape index (κ2) is 5.61. The highest BCUT2D eigenvalue weighted by atomic mass is 32.1. The van der Waals surface area contributed by atoms with Crippen LogP contribution in [0, 0.1) is 11.8 Å². The van der Waals surface area contributed by atoms with Crippen molar-refractivity contribution in [3.63, 3.8) is 0 Å². The summed E-state index contributed by atoms with van der Waals surface area (Å²) in [5.74, 6) is 1.86. The molecule has 1 aromatic heterocycles. The summed E-state index contributed by atoms with van der Waals surface area (Å²) in [4.78, 5) is 4.27. The third-order valence-corrected chi connectivity index (χ3v) is 4.11. The molecule has 1 N–H and O–H groups in total. The number of nitrogens with zero attached hydrogens (tertiary/aromatic N) is 1. The summed E-state index contributed by atoms with van der Waals surface area (Å²) in [6.07, 6.45) is 7.54. The topological polar surface area (TPSA) is 24.9 Å². The van der Waals surface area contributed by atoms with Crippen LogP contribution in [0.25, 0.3) is 0 Å². The van der Waals surface area contributed by atoms with Crippen LogP contribution in [0.3, 0.4) is 0 Å². The maximum absolute atomic E-state index is 4.27. The Morgan fingerprint density at radius 1 is 1.40 bits per heavy atom. The summed E-state index contributed by atoms with van der Waals surface area (Å²) in [6.45, 7) is 4.50. The van der Waals surface area contributed by atoms with Gasteiger partial charge in [-0.3, -0.25) is 0 Å². The molecule has 2 rings (SSSR count). The van der Waals surface area contributed by atoms with Gasteiger partial charge in [0.15, 0.2) is 0 Å². The predicted molar refractivity (Wildman–Crippen MR) is 64.9 cm³/mol. The number of hydrogen-bond donors (Lipinski definition) is 1. The molecule has 0 amide bonds. The van der Waals surface area contributed by atoms with Crippen molar-refractivity contribution in [3.8, 4) is 0 Å². The van der Waals surface area contributed by atoms with Gasteiger partial charge in [0.2, 0.25) is 0 Å². The van der Waals surface area contributed by atoms with Gasteiger partial charge in [-0.05, 0) is 31.2 Å². The van der Waals surface area contributed by atoms with E-state index in [0.717, 1.165) is 18.4 Å². The molecule has 0 radical (unpaired) electrons. The van der Waals surface area contributed by atoms with E-state index in [1.165, 1.54) is 37.2 Å². The van der Waals surface area contributed by atoms with Gasteiger partial charge in [0.1, 0.15) is 5.01 Å². The van der Waals surface area contributed by atoms with E-state index in [9.17, 15) is 0 Å². The lowest BCUT2D eigenvalue weighted by Gasteiger charge is -2.26. The summed E-state index contributed by atoms with van der Waals surface area (Å²) >= 11 is 1.74. The second-order valence-electron chi connectivity index (χ2n) is 4.68. The number of rotatable bonds is 4. The Kier molecular flexibility index (Phi) is 4.15. The molecule has 0 atom stereocenters. The van der Waals surface area contributed by atoms with Crippen molar-refractivity contribution >= 4 is 11.3 Å². The molecular weight excluding hydrogens is 204 g/mol. The molecule has 1 aliphatic carbocycles. The Morgan fingerprint density at radius 2 is 2.20 bits per heavy atom. The molecule has 0 bridgehead atoms. The van der Waals surface area contributed by atoms with Crippen molar-refractivity contribution in [2.24, 2.45) is 11.8 Å². The van der Waals surface area contributed by atoms with Crippen LogP contribution in [0.2, 0.25) is 0 Å². The van der Waals surface area contributed by atoms with Gasteiger partial charge in [0, 0.05) is 18.1 Å². The lowest BCUT2D eigenvalue weighted by molar-refractivity contribution is 0.281. The highest BCUT2D eigenvalue weighted by Crippen LogP contribution is 2.27. The zero-order valence-electron chi connectivity index (χ0n) is 9.41. The lowest BCUT2D eigenvalue weighted by Crippen LogP contribution is -2.25. The van der Waals surface area contributed by atoms with Gasteiger partial charge < -0.3 is 5.32 Å². The van der Waals surface area contributed by atoms with Crippen molar-refractivity contribution in [1.29, 1.82) is 0 Å². The summed E-state index contributed by atoms with van der Waals surface area (Å²) in [5.41, 5.74) is 0. The molecule has 84 valence electrons. The molecule has 3 heteroatoms. The van der Waals surface area contributed by atoms with Crippen LogP contribution in [0.15, 0.2) is 11.6 Å². The van der Waals surface area contributed by atoms with Crippen molar-refractivity contribution in [2.75, 3.05) is 6.54 Å². The molecule has 0 unspecified atom stereocenters. The van der Waals surface area contributed by atoms with Crippen molar-refractivity contribution < 1.29 is 0 Å². The SMILES string of the molecule is CC1CCC(CNCc2nccs2)CC1. The van der Waals surface area contributed by atoms with Gasteiger partial charge in [-0.1, -0.05) is 19.8 Å². The molecule has 0 aromatic carbocycles. The van der Waals surface area contributed by atoms with E-state index >= 15 is 0 Å². The number of hydrogen-bond acceptors (Lipinski definition) is 3. The van der Waals surface area contributed by atoms with E-state index in [1.807, 2.05) is 11.6 Å². The minimum atomic E-state index is 0.904. The minimum absolute atomic E-state index is 0.904. The Balaban J connectivity index is 1.62. The second-order valence-corrected chi connectivity index (χ2v) is 5.66. The maximum atomic E-state index is 4.27. The molecule has 1 aromatic rings. The molecule has 15 heavy (non-hydrogen) atoms. The van der Waals surface area contributed by atoms with Crippen LogP contribution in [0.1, 0.15) is 37.6 Å². The molecule has 0 spiro atoms. The number of thiazole rings is 1. The standard InChI is InChI=1S/C12H20N2S/c1-10-2-4-11(5-3-10)8-13-9-12-14-6-7-15-12/h6-7,10-11,13H,2-5,8-9H2,1H3. The first kappa shape index (κ1) is 11.1. The average Bonchev–Trinajstić information content (AvgIpc) is 2.74. The van der Waals surface area contributed by atoms with E-state index in [2.05, 4.69) is 17.2 Å². The van der Waals surface area contributed by atoms with Gasteiger partial charge in [-0.15, -0.1) is 11.3 Å². The average molecular weight is 224 g/mol. The molecule has 0 aliphatic heterocycles. The van der Waals surface area contributed by atoms with Crippen LogP contribution >= 0.6 is 11.3 Å². The molecule has 1 aliphatic rings. The molecule has 1 heterocycles. The highest BCUT2D eigenvalue weighted by molar-refractivity contribution is 7.09. The molecular formula is C12H20N2S. The van der Waals surface area contributed by atoms with Crippen LogP contribution in [0.4, 0.5) is 0 Å². The van der Waals surface area contributed by atoms with Crippen molar-refractivity contribution in [1.82, 2.24) is 10.3 Å². The monoisotopic (exact) mass is 224 g/mol. The molecule has 0 saturated heterocycles. The smallest absolute Gasteiger partial charge is 0.106 e. The largest absolute Gasteiger partial charge is 0.310 e. The van der Waals surface area contributed by atoms with E-state index < -0.39 is 0 Å². The Bertz CT molecular complexity index is 263. The maximum Gasteiger partial charge on any atom is 0.106 e. The first-order chi connectivity index (χ1) is 7.34. The summed E-state index contributed by atoms with van der Waals surface area (Å²) in [7, 11) is 0. The Morgan fingerprint density at radius 3 is 2.87 bits per heavy atom. The summed E-state index contributed by atoms with van der Waals surface area (Å²) in [5, 5.41) is 6.77. The highest BCUT2D eigenvalue weighted by Gasteiger charge is 2.17. The van der Waals surface area contributed by atoms with Gasteiger partial charge in [0.25, 0.3) is 0 Å². The van der Waals surface area contributed by atoms with Crippen molar-refractivity contribution in [3.05, 3.63) is 16.6 Å². The van der Waals surface area contributed by atoms with Crippen LogP contribution in [0.5, 0.6) is 0 Å².